The van der Waals surface area contributed by atoms with Gasteiger partial charge in [0.25, 0.3) is 0 Å². The van der Waals surface area contributed by atoms with Crippen LogP contribution >= 0.6 is 15.6 Å². The summed E-state index contributed by atoms with van der Waals surface area (Å²) in [5.41, 5.74) is 0. The summed E-state index contributed by atoms with van der Waals surface area (Å²) >= 11 is 0. The van der Waals surface area contributed by atoms with Gasteiger partial charge >= 0.3 is 39.5 Å². The maximum atomic E-state index is 13.1. The third-order valence-corrected chi connectivity index (χ3v) is 19.8. The molecule has 0 bridgehead atoms. The van der Waals surface area contributed by atoms with Crippen LogP contribution in [0.2, 0.25) is 0 Å². The fourth-order valence-corrected chi connectivity index (χ4v) is 13.1. The van der Waals surface area contributed by atoms with Crippen molar-refractivity contribution in [3.05, 3.63) is 0 Å². The first-order chi connectivity index (χ1) is 45.6. The quantitative estimate of drug-likeness (QED) is 0.0222. The second kappa shape index (κ2) is 65.4. The monoisotopic (exact) mass is 1400 g/mol. The lowest BCUT2D eigenvalue weighted by Crippen LogP contribution is -2.30. The zero-order valence-corrected chi connectivity index (χ0v) is 64.1. The topological polar surface area (TPSA) is 237 Å². The van der Waals surface area contributed by atoms with Crippen LogP contribution in [0.25, 0.3) is 0 Å². The Morgan fingerprint density at radius 3 is 0.747 bits per heavy atom. The highest BCUT2D eigenvalue weighted by molar-refractivity contribution is 7.47. The number of carbonyl (C=O) groups is 4. The zero-order chi connectivity index (χ0) is 70.3. The van der Waals surface area contributed by atoms with Crippen LogP contribution in [0.15, 0.2) is 0 Å². The van der Waals surface area contributed by atoms with Gasteiger partial charge in [0.15, 0.2) is 12.2 Å². The van der Waals surface area contributed by atoms with E-state index < -0.39 is 97.5 Å². The average Bonchev–Trinajstić information content (AvgIpc) is 2.12. The highest BCUT2D eigenvalue weighted by Crippen LogP contribution is 2.45. The number of phosphoric acid groups is 2. The Morgan fingerprint density at radius 1 is 0.295 bits per heavy atom. The molecule has 0 aromatic heterocycles. The maximum absolute atomic E-state index is 13.1. The molecule has 3 N–H and O–H groups in total. The van der Waals surface area contributed by atoms with Crippen LogP contribution in [0.1, 0.15) is 383 Å². The summed E-state index contributed by atoms with van der Waals surface area (Å²) in [6, 6.07) is 0. The summed E-state index contributed by atoms with van der Waals surface area (Å²) < 4.78 is 68.5. The molecule has 95 heavy (non-hydrogen) atoms. The minimum Gasteiger partial charge on any atom is -0.462 e. The number of phosphoric ester groups is 2. The highest BCUT2D eigenvalue weighted by atomic mass is 31.2. The molecule has 4 unspecified atom stereocenters. The smallest absolute Gasteiger partial charge is 0.462 e. The van der Waals surface area contributed by atoms with Crippen LogP contribution in [0.4, 0.5) is 0 Å². The molecule has 6 atom stereocenters. The predicted molar refractivity (Wildman–Crippen MR) is 386 cm³/mol. The maximum Gasteiger partial charge on any atom is 0.472 e. The third-order valence-electron chi connectivity index (χ3n) is 17.9. The lowest BCUT2D eigenvalue weighted by molar-refractivity contribution is -0.161. The number of aliphatic hydroxyl groups excluding tert-OH is 1. The minimum atomic E-state index is -4.96. The lowest BCUT2D eigenvalue weighted by atomic mass is 9.99. The molecule has 0 heterocycles. The van der Waals surface area contributed by atoms with E-state index in [1.54, 1.807) is 0 Å². The molecule has 19 heteroatoms. The molecule has 0 aromatic carbocycles. The predicted octanol–water partition coefficient (Wildman–Crippen LogP) is 22.0. The Labute approximate surface area is 581 Å². The van der Waals surface area contributed by atoms with E-state index in [0.717, 1.165) is 114 Å². The van der Waals surface area contributed by atoms with Gasteiger partial charge in [-0.3, -0.25) is 37.3 Å². The van der Waals surface area contributed by atoms with Gasteiger partial charge in [-0.15, -0.1) is 0 Å². The molecule has 0 aliphatic heterocycles. The number of ether oxygens (including phenoxy) is 4. The van der Waals surface area contributed by atoms with Crippen molar-refractivity contribution >= 4 is 39.5 Å². The SMILES string of the molecule is CCC(C)CCCCCCCCCCC(=O)OC[C@H](COP(=O)(O)OCC(O)COP(=O)(O)OC[C@@H](COC(=O)CCCCCCCCCCC(C)C)OC(=O)CCCCCCCCCCC(C)C)OC(=O)CCCCCCCCCCCCCCCCCCCCC(C)C. The highest BCUT2D eigenvalue weighted by Gasteiger charge is 2.30. The van der Waals surface area contributed by atoms with Crippen molar-refractivity contribution in [1.29, 1.82) is 0 Å². The molecule has 0 aliphatic carbocycles. The molecular weight excluding hydrogens is 1250 g/mol. The first kappa shape index (κ1) is 93.1. The first-order valence-corrected chi connectivity index (χ1v) is 42.2. The number of carbonyl (C=O) groups excluding carboxylic acids is 4. The molecule has 0 fully saturated rings. The fourth-order valence-electron chi connectivity index (χ4n) is 11.5. The van der Waals surface area contributed by atoms with Crippen molar-refractivity contribution < 1.29 is 80.2 Å². The van der Waals surface area contributed by atoms with Gasteiger partial charge in [0.2, 0.25) is 0 Å². The van der Waals surface area contributed by atoms with Gasteiger partial charge in [-0.05, 0) is 49.4 Å². The van der Waals surface area contributed by atoms with Crippen LogP contribution in [0, 0.1) is 23.7 Å². The van der Waals surface area contributed by atoms with Crippen molar-refractivity contribution in [3.63, 3.8) is 0 Å². The summed E-state index contributed by atoms with van der Waals surface area (Å²) in [7, 11) is -9.91. The fraction of sp³-hybridized carbons (Fsp3) is 0.947. The van der Waals surface area contributed by atoms with Crippen LogP contribution in [0.5, 0.6) is 0 Å². The Hall–Kier alpha value is -1.94. The molecule has 0 amide bonds. The van der Waals surface area contributed by atoms with E-state index >= 15 is 0 Å². The van der Waals surface area contributed by atoms with Gasteiger partial charge in [0.1, 0.15) is 19.3 Å². The minimum absolute atomic E-state index is 0.104. The summed E-state index contributed by atoms with van der Waals surface area (Å²) in [6.07, 6.45) is 50.1. The number of hydrogen-bond acceptors (Lipinski definition) is 15. The number of rotatable bonds is 73. The molecule has 17 nitrogen and oxygen atoms in total. The number of aliphatic hydroxyl groups is 1. The second-order valence-electron chi connectivity index (χ2n) is 29.1. The summed E-state index contributed by atoms with van der Waals surface area (Å²) in [5.74, 6) is 0.918. The largest absolute Gasteiger partial charge is 0.472 e. The van der Waals surface area contributed by atoms with Crippen molar-refractivity contribution in [1.82, 2.24) is 0 Å². The first-order valence-electron chi connectivity index (χ1n) is 39.2. The third kappa shape index (κ3) is 69.0. The van der Waals surface area contributed by atoms with Gasteiger partial charge in [0, 0.05) is 25.7 Å². The number of esters is 4. The van der Waals surface area contributed by atoms with Crippen molar-refractivity contribution in [2.24, 2.45) is 23.7 Å². The number of hydrogen-bond donors (Lipinski definition) is 3. The van der Waals surface area contributed by atoms with E-state index in [1.807, 2.05) is 0 Å². The Morgan fingerprint density at radius 2 is 0.505 bits per heavy atom. The van der Waals surface area contributed by atoms with Gasteiger partial charge in [-0.25, -0.2) is 9.13 Å². The molecule has 0 saturated carbocycles. The molecule has 0 aliphatic rings. The van der Waals surface area contributed by atoms with Crippen LogP contribution in [0.3, 0.4) is 0 Å². The molecule has 0 spiro atoms. The van der Waals surface area contributed by atoms with Crippen molar-refractivity contribution in [2.75, 3.05) is 39.6 Å². The Bertz CT molecular complexity index is 1870. The number of unbranched alkanes of at least 4 members (excludes halogenated alkanes) is 38. The van der Waals surface area contributed by atoms with Crippen LogP contribution < -0.4 is 0 Å². The van der Waals surface area contributed by atoms with Gasteiger partial charge < -0.3 is 33.8 Å². The van der Waals surface area contributed by atoms with E-state index in [-0.39, 0.29) is 25.7 Å². The summed E-state index contributed by atoms with van der Waals surface area (Å²) in [5, 5.41) is 10.6. The zero-order valence-electron chi connectivity index (χ0n) is 62.3. The Balaban J connectivity index is 5.20. The molecule has 0 radical (unpaired) electrons. The van der Waals surface area contributed by atoms with Crippen molar-refractivity contribution in [2.45, 2.75) is 401 Å². The van der Waals surface area contributed by atoms with Crippen molar-refractivity contribution in [3.8, 4) is 0 Å². The van der Waals surface area contributed by atoms with E-state index in [0.29, 0.717) is 25.7 Å². The normalized spacial score (nSPS) is 14.4. The molecule has 0 rings (SSSR count). The lowest BCUT2D eigenvalue weighted by Gasteiger charge is -2.21. The van der Waals surface area contributed by atoms with Gasteiger partial charge in [-0.2, -0.15) is 0 Å². The molecular formula is C76H148O17P2. The Kier molecular flexibility index (Phi) is 64.0. The standard InChI is InChI=1S/C76H148O17P2/c1-9-69(8)55-47-39-31-24-27-33-41-49-57-74(79)87-62-71(92-75(80)58-50-42-34-21-19-17-15-13-11-10-12-14-16-18-20-28-36-44-52-66(2)3)64-90-94(82,83)88-60-70(77)61-89-95(84,85)91-65-72(93-76(81)59-51-43-35-26-23-30-38-46-54-68(6)7)63-86-73(78)56-48-40-32-25-22-29-37-45-53-67(4)5/h66-72,77H,9-65H2,1-8H3,(H,82,83)(H,84,85)/t69?,70?,71-,72-/m1/s1. The van der Waals surface area contributed by atoms with Gasteiger partial charge in [-0.1, -0.05) is 331 Å². The summed E-state index contributed by atoms with van der Waals surface area (Å²) in [6.45, 7) is 14.2. The average molecular weight is 1400 g/mol. The van der Waals surface area contributed by atoms with E-state index in [9.17, 15) is 43.2 Å². The van der Waals surface area contributed by atoms with Crippen LogP contribution in [-0.4, -0.2) is 96.7 Å². The molecule has 0 saturated heterocycles. The molecule has 0 aromatic rings. The van der Waals surface area contributed by atoms with E-state index in [1.165, 1.54) is 186 Å². The second-order valence-corrected chi connectivity index (χ2v) is 32.0. The van der Waals surface area contributed by atoms with Gasteiger partial charge in [0.05, 0.1) is 26.4 Å². The van der Waals surface area contributed by atoms with E-state index in [4.69, 9.17) is 37.0 Å². The summed E-state index contributed by atoms with van der Waals surface area (Å²) in [4.78, 5) is 72.8. The molecule has 564 valence electrons. The van der Waals surface area contributed by atoms with Crippen LogP contribution in [-0.2, 0) is 65.4 Å². The van der Waals surface area contributed by atoms with E-state index in [2.05, 4.69) is 55.4 Å².